The smallest absolute Gasteiger partial charge is 0.324 e. The number of nitrogens with one attached hydrogen (secondary N) is 2. The fourth-order valence-electron chi connectivity index (χ4n) is 3.01. The van der Waals surface area contributed by atoms with E-state index in [0.717, 1.165) is 16.7 Å². The Labute approximate surface area is 194 Å². The molecule has 0 aromatic heterocycles. The van der Waals surface area contributed by atoms with Gasteiger partial charge in [-0.25, -0.2) is 8.42 Å². The lowest BCUT2D eigenvalue weighted by molar-refractivity contribution is -0.150. The summed E-state index contributed by atoms with van der Waals surface area (Å²) in [4.78, 5) is 24.8. The highest BCUT2D eigenvalue weighted by Gasteiger charge is 2.28. The van der Waals surface area contributed by atoms with E-state index < -0.39 is 34.5 Å². The number of amides is 1. The summed E-state index contributed by atoms with van der Waals surface area (Å²) in [6.07, 6.45) is 2.11. The van der Waals surface area contributed by atoms with E-state index in [2.05, 4.69) is 10.0 Å². The summed E-state index contributed by atoms with van der Waals surface area (Å²) in [5.41, 5.74) is 3.57. The molecule has 1 atom stereocenters. The third kappa shape index (κ3) is 7.96. The molecule has 0 bridgehead atoms. The van der Waals surface area contributed by atoms with Crippen molar-refractivity contribution >= 4 is 33.7 Å². The molecular formula is C23H30N2O5S2. The maximum absolute atomic E-state index is 12.9. The number of carbonyl (C=O) groups excluding carboxylic acids is 2. The summed E-state index contributed by atoms with van der Waals surface area (Å²) in [6.45, 7) is 5.38. The van der Waals surface area contributed by atoms with Crippen molar-refractivity contribution in [3.8, 4) is 0 Å². The van der Waals surface area contributed by atoms with Crippen LogP contribution >= 0.6 is 11.8 Å². The number of aryl methyl sites for hydroxylation is 3. The number of thioether (sulfide) groups is 1. The molecule has 174 valence electrons. The maximum atomic E-state index is 12.9. The van der Waals surface area contributed by atoms with Gasteiger partial charge in [-0.3, -0.25) is 9.59 Å². The Morgan fingerprint density at radius 1 is 1.03 bits per heavy atom. The Balaban J connectivity index is 1.97. The van der Waals surface area contributed by atoms with Crippen LogP contribution in [0.3, 0.4) is 0 Å². The quantitative estimate of drug-likeness (QED) is 0.482. The third-order valence-electron chi connectivity index (χ3n) is 4.77. The van der Waals surface area contributed by atoms with E-state index in [1.807, 2.05) is 44.4 Å². The molecule has 0 saturated heterocycles. The molecular weight excluding hydrogens is 448 g/mol. The fourth-order valence-corrected chi connectivity index (χ4v) is 4.92. The van der Waals surface area contributed by atoms with Gasteiger partial charge < -0.3 is 10.1 Å². The van der Waals surface area contributed by atoms with E-state index in [1.165, 1.54) is 17.8 Å². The van der Waals surface area contributed by atoms with Gasteiger partial charge in [-0.15, -0.1) is 0 Å². The van der Waals surface area contributed by atoms with E-state index in [-0.39, 0.29) is 11.3 Å². The predicted molar refractivity (Wildman–Crippen MR) is 127 cm³/mol. The zero-order valence-corrected chi connectivity index (χ0v) is 20.4. The van der Waals surface area contributed by atoms with E-state index in [4.69, 9.17) is 4.74 Å². The Hall–Kier alpha value is -2.36. The van der Waals surface area contributed by atoms with Crippen molar-refractivity contribution in [2.45, 2.75) is 44.7 Å². The van der Waals surface area contributed by atoms with Crippen molar-refractivity contribution in [2.75, 3.05) is 18.6 Å². The molecule has 9 heteroatoms. The van der Waals surface area contributed by atoms with Crippen LogP contribution in [0.5, 0.6) is 0 Å². The van der Waals surface area contributed by atoms with Gasteiger partial charge in [0.25, 0.3) is 5.91 Å². The molecule has 32 heavy (non-hydrogen) atoms. The average Bonchev–Trinajstić information content (AvgIpc) is 2.74. The van der Waals surface area contributed by atoms with Gasteiger partial charge in [-0.1, -0.05) is 47.5 Å². The van der Waals surface area contributed by atoms with E-state index >= 15 is 0 Å². The first kappa shape index (κ1) is 25.9. The molecule has 0 aliphatic carbocycles. The standard InChI is InChI=1S/C23H30N2O5S2/c1-16-5-8-19(9-6-16)14-24-22(26)15-30-23(27)20(11-12-31-4)25-32(28,29)21-10-7-17(2)13-18(21)3/h5-10,13,20,25H,11-12,14-15H2,1-4H3,(H,24,26)/t20-/m1/s1. The monoisotopic (exact) mass is 478 g/mol. The number of esters is 1. The molecule has 0 aliphatic rings. The zero-order chi connectivity index (χ0) is 23.7. The minimum Gasteiger partial charge on any atom is -0.454 e. The van der Waals surface area contributed by atoms with Crippen LogP contribution in [0.1, 0.15) is 28.7 Å². The lowest BCUT2D eigenvalue weighted by atomic mass is 10.1. The number of sulfonamides is 1. The van der Waals surface area contributed by atoms with Gasteiger partial charge in [0, 0.05) is 6.54 Å². The number of carbonyl (C=O) groups is 2. The van der Waals surface area contributed by atoms with Crippen molar-refractivity contribution in [2.24, 2.45) is 0 Å². The summed E-state index contributed by atoms with van der Waals surface area (Å²) in [5.74, 6) is -0.688. The molecule has 2 aromatic carbocycles. The van der Waals surface area contributed by atoms with Crippen molar-refractivity contribution in [1.82, 2.24) is 10.0 Å². The summed E-state index contributed by atoms with van der Waals surface area (Å²) in [5, 5.41) is 2.68. The Morgan fingerprint density at radius 3 is 2.31 bits per heavy atom. The summed E-state index contributed by atoms with van der Waals surface area (Å²) in [7, 11) is -3.93. The van der Waals surface area contributed by atoms with Crippen LogP contribution in [0.4, 0.5) is 0 Å². The van der Waals surface area contributed by atoms with Crippen LogP contribution in [-0.4, -0.2) is 45.0 Å². The van der Waals surface area contributed by atoms with Crippen LogP contribution in [0, 0.1) is 20.8 Å². The fraction of sp³-hybridized carbons (Fsp3) is 0.391. The molecule has 7 nitrogen and oxygen atoms in total. The molecule has 0 unspecified atom stereocenters. The van der Waals surface area contributed by atoms with Crippen molar-refractivity contribution in [3.63, 3.8) is 0 Å². The van der Waals surface area contributed by atoms with Crippen LogP contribution in [0.15, 0.2) is 47.4 Å². The summed E-state index contributed by atoms with van der Waals surface area (Å²) >= 11 is 1.48. The van der Waals surface area contributed by atoms with Gasteiger partial charge in [0.15, 0.2) is 6.61 Å². The minimum atomic E-state index is -3.93. The SMILES string of the molecule is CSCC[C@@H](NS(=O)(=O)c1ccc(C)cc1C)C(=O)OCC(=O)NCc1ccc(C)cc1. The van der Waals surface area contributed by atoms with Gasteiger partial charge in [0.2, 0.25) is 10.0 Å². The number of rotatable bonds is 11. The molecule has 0 saturated carbocycles. The van der Waals surface area contributed by atoms with Gasteiger partial charge in [-0.05, 0) is 56.4 Å². The second kappa shape index (κ2) is 12.0. The largest absolute Gasteiger partial charge is 0.454 e. The highest BCUT2D eigenvalue weighted by atomic mass is 32.2. The first-order valence-electron chi connectivity index (χ1n) is 10.2. The second-order valence-corrected chi connectivity index (χ2v) is 10.3. The van der Waals surface area contributed by atoms with Crippen molar-refractivity contribution in [1.29, 1.82) is 0 Å². The lowest BCUT2D eigenvalue weighted by Gasteiger charge is -2.18. The summed E-state index contributed by atoms with van der Waals surface area (Å²) in [6, 6.07) is 11.6. The Kier molecular flexibility index (Phi) is 9.74. The second-order valence-electron chi connectivity index (χ2n) is 7.59. The van der Waals surface area contributed by atoms with Crippen molar-refractivity contribution < 1.29 is 22.7 Å². The lowest BCUT2D eigenvalue weighted by Crippen LogP contribution is -2.43. The Morgan fingerprint density at radius 2 is 1.69 bits per heavy atom. The highest BCUT2D eigenvalue weighted by Crippen LogP contribution is 2.17. The molecule has 2 N–H and O–H groups in total. The maximum Gasteiger partial charge on any atom is 0.324 e. The van der Waals surface area contributed by atoms with Crippen LogP contribution in [0.25, 0.3) is 0 Å². The molecule has 2 rings (SSSR count). The number of ether oxygens (including phenoxy) is 1. The molecule has 0 fully saturated rings. The molecule has 0 aliphatic heterocycles. The predicted octanol–water partition coefficient (Wildman–Crippen LogP) is 2.87. The molecule has 0 radical (unpaired) electrons. The molecule has 0 spiro atoms. The summed E-state index contributed by atoms with van der Waals surface area (Å²) < 4.78 is 33.3. The van der Waals surface area contributed by atoms with Crippen LogP contribution < -0.4 is 10.0 Å². The van der Waals surface area contributed by atoms with Gasteiger partial charge in [0.1, 0.15) is 6.04 Å². The molecule has 2 aromatic rings. The number of hydrogen-bond donors (Lipinski definition) is 2. The van der Waals surface area contributed by atoms with E-state index in [1.54, 1.807) is 19.1 Å². The van der Waals surface area contributed by atoms with Gasteiger partial charge in [0.05, 0.1) is 4.90 Å². The van der Waals surface area contributed by atoms with Gasteiger partial charge in [-0.2, -0.15) is 16.5 Å². The normalized spacial score (nSPS) is 12.2. The minimum absolute atomic E-state index is 0.112. The Bertz CT molecular complexity index is 1040. The average molecular weight is 479 g/mol. The van der Waals surface area contributed by atoms with E-state index in [0.29, 0.717) is 17.9 Å². The highest BCUT2D eigenvalue weighted by molar-refractivity contribution is 7.98. The topological polar surface area (TPSA) is 102 Å². The van der Waals surface area contributed by atoms with Crippen LogP contribution in [-0.2, 0) is 30.9 Å². The first-order valence-corrected chi connectivity index (χ1v) is 13.1. The van der Waals surface area contributed by atoms with E-state index in [9.17, 15) is 18.0 Å². The van der Waals surface area contributed by atoms with Crippen LogP contribution in [0.2, 0.25) is 0 Å². The molecule has 0 heterocycles. The van der Waals surface area contributed by atoms with Crippen molar-refractivity contribution in [3.05, 3.63) is 64.7 Å². The first-order chi connectivity index (χ1) is 15.1. The van der Waals surface area contributed by atoms with Gasteiger partial charge >= 0.3 is 5.97 Å². The third-order valence-corrected chi connectivity index (χ3v) is 7.04. The zero-order valence-electron chi connectivity index (χ0n) is 18.8. The number of benzene rings is 2. The number of hydrogen-bond acceptors (Lipinski definition) is 6. The molecule has 1 amide bonds.